The lowest BCUT2D eigenvalue weighted by molar-refractivity contribution is 0.0535. The first-order chi connectivity index (χ1) is 8.74. The number of nitrogens with two attached hydrogens (primary N) is 1. The first-order valence-electron chi connectivity index (χ1n) is 6.81. The largest absolute Gasteiger partial charge is 0.381 e. The van der Waals surface area contributed by atoms with E-state index in [0.717, 1.165) is 44.7 Å². The first kappa shape index (κ1) is 13.5. The van der Waals surface area contributed by atoms with E-state index in [9.17, 15) is 0 Å². The number of nitrogens with one attached hydrogen (secondary N) is 1. The Morgan fingerprint density at radius 1 is 1.56 bits per heavy atom. The molecule has 0 saturated carbocycles. The smallest absolute Gasteiger partial charge is 0.0596 e. The summed E-state index contributed by atoms with van der Waals surface area (Å²) in [5.41, 5.74) is 5.33. The number of aryl methyl sites for hydroxylation is 2. The maximum absolute atomic E-state index is 5.73. The van der Waals surface area contributed by atoms with Crippen LogP contribution in [-0.2, 0) is 17.7 Å². The molecule has 0 aromatic carbocycles. The summed E-state index contributed by atoms with van der Waals surface area (Å²) >= 11 is 0. The molecule has 5 nitrogen and oxygen atoms in total. The third-order valence-corrected chi connectivity index (χ3v) is 3.76. The third-order valence-electron chi connectivity index (χ3n) is 3.76. The molecule has 5 heteroatoms. The average Bonchev–Trinajstić information content (AvgIpc) is 2.77. The lowest BCUT2D eigenvalue weighted by atomic mass is 9.89. The van der Waals surface area contributed by atoms with Gasteiger partial charge in [-0.2, -0.15) is 5.10 Å². The highest BCUT2D eigenvalue weighted by Crippen LogP contribution is 2.21. The van der Waals surface area contributed by atoms with Crippen molar-refractivity contribution in [3.63, 3.8) is 0 Å². The van der Waals surface area contributed by atoms with E-state index in [1.807, 2.05) is 6.92 Å². The van der Waals surface area contributed by atoms with Crippen molar-refractivity contribution in [2.45, 2.75) is 45.7 Å². The molecule has 0 spiro atoms. The number of hydrazine groups is 1. The summed E-state index contributed by atoms with van der Waals surface area (Å²) in [6, 6.07) is 2.47. The summed E-state index contributed by atoms with van der Waals surface area (Å²) in [6.45, 7) is 6.78. The molecule has 102 valence electrons. The van der Waals surface area contributed by atoms with Crippen LogP contribution in [0.15, 0.2) is 6.07 Å². The van der Waals surface area contributed by atoms with Crippen LogP contribution in [0.5, 0.6) is 0 Å². The second kappa shape index (κ2) is 6.31. The van der Waals surface area contributed by atoms with Crippen LogP contribution in [0.2, 0.25) is 0 Å². The van der Waals surface area contributed by atoms with Gasteiger partial charge in [-0.1, -0.05) is 0 Å². The van der Waals surface area contributed by atoms with Crippen LogP contribution < -0.4 is 11.3 Å². The maximum atomic E-state index is 5.73. The Morgan fingerprint density at radius 2 is 2.28 bits per heavy atom. The summed E-state index contributed by atoms with van der Waals surface area (Å²) in [6.07, 6.45) is 3.12. The second-order valence-corrected chi connectivity index (χ2v) is 5.02. The molecule has 3 N–H and O–H groups in total. The van der Waals surface area contributed by atoms with Gasteiger partial charge < -0.3 is 4.74 Å². The molecule has 0 radical (unpaired) electrons. The normalized spacial score (nSPS) is 19.1. The SMILES string of the molecule is CCn1nc(C)cc1CC(NN)C1CCOCC1. The van der Waals surface area contributed by atoms with Gasteiger partial charge in [0.05, 0.1) is 5.69 Å². The molecule has 1 aromatic rings. The zero-order valence-corrected chi connectivity index (χ0v) is 11.4. The highest BCUT2D eigenvalue weighted by molar-refractivity contribution is 5.11. The fourth-order valence-corrected chi connectivity index (χ4v) is 2.74. The minimum Gasteiger partial charge on any atom is -0.381 e. The van der Waals surface area contributed by atoms with Gasteiger partial charge in [0.25, 0.3) is 0 Å². The molecule has 1 atom stereocenters. The minimum atomic E-state index is 0.315. The zero-order chi connectivity index (χ0) is 13.0. The topological polar surface area (TPSA) is 65.1 Å². The number of hydrogen-bond donors (Lipinski definition) is 2. The van der Waals surface area contributed by atoms with Gasteiger partial charge in [-0.05, 0) is 38.7 Å². The standard InChI is InChI=1S/C13H24N4O/c1-3-17-12(8-10(2)16-17)9-13(15-14)11-4-6-18-7-5-11/h8,11,13,15H,3-7,9,14H2,1-2H3. The maximum Gasteiger partial charge on any atom is 0.0596 e. The van der Waals surface area contributed by atoms with Crippen LogP contribution >= 0.6 is 0 Å². The quantitative estimate of drug-likeness (QED) is 0.606. The van der Waals surface area contributed by atoms with E-state index in [0.29, 0.717) is 12.0 Å². The van der Waals surface area contributed by atoms with Crippen molar-refractivity contribution in [3.05, 3.63) is 17.5 Å². The lowest BCUT2D eigenvalue weighted by Gasteiger charge is -2.29. The second-order valence-electron chi connectivity index (χ2n) is 5.02. The number of aromatic nitrogens is 2. The summed E-state index contributed by atoms with van der Waals surface area (Å²) in [5.74, 6) is 6.33. The third kappa shape index (κ3) is 3.10. The van der Waals surface area contributed by atoms with Gasteiger partial charge in [0.2, 0.25) is 0 Å². The van der Waals surface area contributed by atoms with Crippen molar-refractivity contribution in [1.29, 1.82) is 0 Å². The molecule has 1 unspecified atom stereocenters. The van der Waals surface area contributed by atoms with Crippen molar-refractivity contribution in [3.8, 4) is 0 Å². The van der Waals surface area contributed by atoms with Crippen LogP contribution in [0.3, 0.4) is 0 Å². The molecule has 1 aromatic heterocycles. The van der Waals surface area contributed by atoms with E-state index in [1.54, 1.807) is 0 Å². The average molecular weight is 252 g/mol. The van der Waals surface area contributed by atoms with Gasteiger partial charge in [-0.25, -0.2) is 0 Å². The van der Waals surface area contributed by atoms with E-state index < -0.39 is 0 Å². The molecule has 0 amide bonds. The van der Waals surface area contributed by atoms with Gasteiger partial charge in [-0.15, -0.1) is 0 Å². The van der Waals surface area contributed by atoms with Crippen LogP contribution in [0.25, 0.3) is 0 Å². The van der Waals surface area contributed by atoms with Crippen LogP contribution in [0.1, 0.15) is 31.2 Å². The van der Waals surface area contributed by atoms with Crippen molar-refractivity contribution in [2.75, 3.05) is 13.2 Å². The molecule has 1 saturated heterocycles. The monoisotopic (exact) mass is 252 g/mol. The Balaban J connectivity index is 2.04. The molecule has 1 aliphatic heterocycles. The van der Waals surface area contributed by atoms with Crippen molar-refractivity contribution < 1.29 is 4.74 Å². The van der Waals surface area contributed by atoms with E-state index in [1.165, 1.54) is 5.69 Å². The van der Waals surface area contributed by atoms with Crippen molar-refractivity contribution in [1.82, 2.24) is 15.2 Å². The van der Waals surface area contributed by atoms with Crippen molar-refractivity contribution in [2.24, 2.45) is 11.8 Å². The number of rotatable bonds is 5. The van der Waals surface area contributed by atoms with Gasteiger partial charge in [0, 0.05) is 37.9 Å². The number of ether oxygens (including phenoxy) is 1. The van der Waals surface area contributed by atoms with E-state index in [-0.39, 0.29) is 0 Å². The van der Waals surface area contributed by atoms with Crippen LogP contribution in [-0.4, -0.2) is 29.0 Å². The molecule has 0 bridgehead atoms. The Hall–Kier alpha value is -0.910. The Bertz CT molecular complexity index is 371. The zero-order valence-electron chi connectivity index (χ0n) is 11.4. The summed E-state index contributed by atoms with van der Waals surface area (Å²) in [5, 5.41) is 4.48. The predicted octanol–water partition coefficient (Wildman–Crippen LogP) is 1.01. The van der Waals surface area contributed by atoms with E-state index >= 15 is 0 Å². The highest BCUT2D eigenvalue weighted by Gasteiger charge is 2.24. The van der Waals surface area contributed by atoms with Gasteiger partial charge in [0.1, 0.15) is 0 Å². The molecular weight excluding hydrogens is 228 g/mol. The molecule has 0 aliphatic carbocycles. The highest BCUT2D eigenvalue weighted by atomic mass is 16.5. The van der Waals surface area contributed by atoms with Gasteiger partial charge in [-0.3, -0.25) is 16.0 Å². The van der Waals surface area contributed by atoms with E-state index in [4.69, 9.17) is 10.6 Å². The molecule has 2 heterocycles. The lowest BCUT2D eigenvalue weighted by Crippen LogP contribution is -2.44. The molecule has 18 heavy (non-hydrogen) atoms. The fraction of sp³-hybridized carbons (Fsp3) is 0.769. The Morgan fingerprint density at radius 3 is 2.89 bits per heavy atom. The minimum absolute atomic E-state index is 0.315. The Labute approximate surface area is 109 Å². The molecule has 2 rings (SSSR count). The van der Waals surface area contributed by atoms with Crippen molar-refractivity contribution >= 4 is 0 Å². The fourth-order valence-electron chi connectivity index (χ4n) is 2.74. The Kier molecular flexibility index (Phi) is 4.74. The summed E-state index contributed by atoms with van der Waals surface area (Å²) < 4.78 is 7.48. The predicted molar refractivity (Wildman–Crippen MR) is 71.0 cm³/mol. The molecule has 1 fully saturated rings. The summed E-state index contributed by atoms with van der Waals surface area (Å²) in [4.78, 5) is 0. The number of hydrogen-bond acceptors (Lipinski definition) is 4. The van der Waals surface area contributed by atoms with Crippen LogP contribution in [0.4, 0.5) is 0 Å². The van der Waals surface area contributed by atoms with Gasteiger partial charge in [0.15, 0.2) is 0 Å². The molecule has 1 aliphatic rings. The number of nitrogens with zero attached hydrogens (tertiary/aromatic N) is 2. The first-order valence-corrected chi connectivity index (χ1v) is 6.81. The van der Waals surface area contributed by atoms with Gasteiger partial charge >= 0.3 is 0 Å². The van der Waals surface area contributed by atoms with E-state index in [2.05, 4.69) is 28.2 Å². The summed E-state index contributed by atoms with van der Waals surface area (Å²) in [7, 11) is 0. The van der Waals surface area contributed by atoms with Crippen LogP contribution in [0, 0.1) is 12.8 Å². The molecular formula is C13H24N4O.